The van der Waals surface area contributed by atoms with Crippen LogP contribution in [-0.4, -0.2) is 0 Å². The largest absolute Gasteiger partial charge is 0.456 e. The number of para-hydroxylation sites is 2. The maximum absolute atomic E-state index is 6.07. The van der Waals surface area contributed by atoms with Gasteiger partial charge >= 0.3 is 0 Å². The minimum Gasteiger partial charge on any atom is -0.456 e. The molecule has 0 saturated carbocycles. The van der Waals surface area contributed by atoms with Gasteiger partial charge in [0.05, 0.1) is 0 Å². The highest BCUT2D eigenvalue weighted by Crippen LogP contribution is 2.37. The zero-order valence-corrected chi connectivity index (χ0v) is 11.5. The van der Waals surface area contributed by atoms with Crippen molar-refractivity contribution in [2.24, 2.45) is 0 Å². The molecule has 5 aromatic rings. The predicted octanol–water partition coefficient (Wildman–Crippen LogP) is 5.79. The van der Waals surface area contributed by atoms with Crippen LogP contribution in [0.2, 0.25) is 0 Å². The van der Waals surface area contributed by atoms with Crippen LogP contribution in [0.5, 0.6) is 0 Å². The second kappa shape index (κ2) is 3.67. The third-order valence-corrected chi connectivity index (χ3v) is 4.19. The van der Waals surface area contributed by atoms with Crippen LogP contribution in [0.1, 0.15) is 5.56 Å². The van der Waals surface area contributed by atoms with Gasteiger partial charge in [0.2, 0.25) is 0 Å². The van der Waals surface area contributed by atoms with E-state index in [1.165, 1.54) is 0 Å². The minimum absolute atomic E-state index is 0.910. The van der Waals surface area contributed by atoms with E-state index in [1.807, 2.05) is 18.2 Å². The summed E-state index contributed by atoms with van der Waals surface area (Å²) < 4.78 is 12.0. The molecule has 2 aromatic heterocycles. The standard InChI is InChI=1S/C19H12O2/c1-11-5-4-7-13-15-10-17-14(9-18(15)21-19(11)13)12-6-2-3-8-16(12)20-17/h2-10H,1H3. The molecule has 2 nitrogen and oxygen atoms in total. The van der Waals surface area contributed by atoms with E-state index in [2.05, 4.69) is 43.3 Å². The summed E-state index contributed by atoms with van der Waals surface area (Å²) in [7, 11) is 0. The summed E-state index contributed by atoms with van der Waals surface area (Å²) in [4.78, 5) is 0. The second-order valence-electron chi connectivity index (χ2n) is 5.50. The summed E-state index contributed by atoms with van der Waals surface area (Å²) in [6, 6.07) is 18.5. The lowest BCUT2D eigenvalue weighted by atomic mass is 10.1. The van der Waals surface area contributed by atoms with Crippen LogP contribution in [0.25, 0.3) is 43.9 Å². The molecule has 0 saturated heterocycles. The molecule has 0 aliphatic rings. The van der Waals surface area contributed by atoms with Crippen molar-refractivity contribution in [2.45, 2.75) is 6.92 Å². The van der Waals surface area contributed by atoms with Gasteiger partial charge in [0.15, 0.2) is 0 Å². The van der Waals surface area contributed by atoms with E-state index < -0.39 is 0 Å². The SMILES string of the molecule is Cc1cccc2c1oc1cc3c(cc12)oc1ccccc13. The zero-order chi connectivity index (χ0) is 14.0. The van der Waals surface area contributed by atoms with Crippen LogP contribution >= 0.6 is 0 Å². The summed E-state index contributed by atoms with van der Waals surface area (Å²) >= 11 is 0. The first-order chi connectivity index (χ1) is 10.3. The van der Waals surface area contributed by atoms with E-state index in [0.717, 1.165) is 49.4 Å². The zero-order valence-electron chi connectivity index (χ0n) is 11.5. The average Bonchev–Trinajstić information content (AvgIpc) is 3.04. The van der Waals surface area contributed by atoms with Crippen molar-refractivity contribution >= 4 is 43.9 Å². The van der Waals surface area contributed by atoms with E-state index in [0.29, 0.717) is 0 Å². The van der Waals surface area contributed by atoms with Crippen LogP contribution in [0.15, 0.2) is 63.4 Å². The Morgan fingerprint density at radius 1 is 0.619 bits per heavy atom. The summed E-state index contributed by atoms with van der Waals surface area (Å²) in [5.41, 5.74) is 4.86. The number of aryl methyl sites for hydroxylation is 1. The number of benzene rings is 3. The molecule has 0 fully saturated rings. The molecule has 0 bridgehead atoms. The Hall–Kier alpha value is -2.74. The first kappa shape index (κ1) is 11.0. The number of furan rings is 2. The third kappa shape index (κ3) is 1.37. The summed E-state index contributed by atoms with van der Waals surface area (Å²) in [6.45, 7) is 2.07. The van der Waals surface area contributed by atoms with Crippen molar-refractivity contribution in [3.8, 4) is 0 Å². The van der Waals surface area contributed by atoms with E-state index in [4.69, 9.17) is 8.83 Å². The van der Waals surface area contributed by atoms with E-state index in [1.54, 1.807) is 0 Å². The number of fused-ring (bicyclic) bond motifs is 6. The third-order valence-electron chi connectivity index (χ3n) is 4.19. The van der Waals surface area contributed by atoms with Crippen molar-refractivity contribution in [1.82, 2.24) is 0 Å². The monoisotopic (exact) mass is 272 g/mol. The first-order valence-electron chi connectivity index (χ1n) is 7.04. The lowest BCUT2D eigenvalue weighted by Gasteiger charge is -1.92. The molecule has 2 heterocycles. The van der Waals surface area contributed by atoms with Gasteiger partial charge in [-0.25, -0.2) is 0 Å². The Balaban J connectivity index is 2.03. The Kier molecular flexibility index (Phi) is 1.92. The average molecular weight is 272 g/mol. The Morgan fingerprint density at radius 2 is 1.33 bits per heavy atom. The molecule has 0 amide bonds. The molecule has 21 heavy (non-hydrogen) atoms. The van der Waals surface area contributed by atoms with Gasteiger partial charge in [0.25, 0.3) is 0 Å². The van der Waals surface area contributed by atoms with Gasteiger partial charge in [-0.15, -0.1) is 0 Å². The van der Waals surface area contributed by atoms with E-state index in [9.17, 15) is 0 Å². The first-order valence-corrected chi connectivity index (χ1v) is 7.04. The van der Waals surface area contributed by atoms with Gasteiger partial charge in [0.1, 0.15) is 22.3 Å². The van der Waals surface area contributed by atoms with Crippen molar-refractivity contribution in [1.29, 1.82) is 0 Å². The van der Waals surface area contributed by atoms with Gasteiger partial charge in [-0.1, -0.05) is 36.4 Å². The fourth-order valence-corrected chi connectivity index (χ4v) is 3.16. The lowest BCUT2D eigenvalue weighted by molar-refractivity contribution is 0.662. The number of hydrogen-bond acceptors (Lipinski definition) is 2. The maximum Gasteiger partial charge on any atom is 0.138 e. The van der Waals surface area contributed by atoms with Crippen LogP contribution in [0.3, 0.4) is 0 Å². The lowest BCUT2D eigenvalue weighted by Crippen LogP contribution is -1.71. The molecule has 2 heteroatoms. The molecular formula is C19H12O2. The second-order valence-corrected chi connectivity index (χ2v) is 5.50. The predicted molar refractivity (Wildman–Crippen MR) is 85.7 cm³/mol. The molecular weight excluding hydrogens is 260 g/mol. The molecule has 100 valence electrons. The van der Waals surface area contributed by atoms with E-state index >= 15 is 0 Å². The Bertz CT molecular complexity index is 1140. The highest BCUT2D eigenvalue weighted by Gasteiger charge is 2.13. The molecule has 0 aliphatic carbocycles. The van der Waals surface area contributed by atoms with Gasteiger partial charge in [-0.2, -0.15) is 0 Å². The number of rotatable bonds is 0. The van der Waals surface area contributed by atoms with Crippen LogP contribution in [0.4, 0.5) is 0 Å². The van der Waals surface area contributed by atoms with Crippen molar-refractivity contribution in [3.63, 3.8) is 0 Å². The fraction of sp³-hybridized carbons (Fsp3) is 0.0526. The molecule has 0 radical (unpaired) electrons. The Labute approximate surface area is 120 Å². The minimum atomic E-state index is 0.910. The van der Waals surface area contributed by atoms with Gasteiger partial charge < -0.3 is 8.83 Å². The maximum atomic E-state index is 6.07. The summed E-state index contributed by atoms with van der Waals surface area (Å²) in [5.74, 6) is 0. The highest BCUT2D eigenvalue weighted by atomic mass is 16.3. The summed E-state index contributed by atoms with van der Waals surface area (Å²) in [5, 5.41) is 4.49. The van der Waals surface area contributed by atoms with Gasteiger partial charge in [0, 0.05) is 21.5 Å². The van der Waals surface area contributed by atoms with E-state index in [-0.39, 0.29) is 0 Å². The molecule has 5 rings (SSSR count). The van der Waals surface area contributed by atoms with Gasteiger partial charge in [-0.3, -0.25) is 0 Å². The van der Waals surface area contributed by atoms with Crippen molar-refractivity contribution in [2.75, 3.05) is 0 Å². The fourth-order valence-electron chi connectivity index (χ4n) is 3.16. The molecule has 0 atom stereocenters. The quantitative estimate of drug-likeness (QED) is 0.356. The Morgan fingerprint density at radius 3 is 2.24 bits per heavy atom. The van der Waals surface area contributed by atoms with Crippen LogP contribution < -0.4 is 0 Å². The highest BCUT2D eigenvalue weighted by molar-refractivity contribution is 6.14. The van der Waals surface area contributed by atoms with Crippen molar-refractivity contribution < 1.29 is 8.83 Å². The van der Waals surface area contributed by atoms with Crippen LogP contribution in [0, 0.1) is 6.92 Å². The van der Waals surface area contributed by atoms with Gasteiger partial charge in [-0.05, 0) is 30.7 Å². The van der Waals surface area contributed by atoms with Crippen LogP contribution in [-0.2, 0) is 0 Å². The topological polar surface area (TPSA) is 26.3 Å². The molecule has 3 aromatic carbocycles. The number of hydrogen-bond donors (Lipinski definition) is 0. The normalized spacial score (nSPS) is 12.0. The molecule has 0 spiro atoms. The summed E-state index contributed by atoms with van der Waals surface area (Å²) in [6.07, 6.45) is 0. The molecule has 0 aliphatic heterocycles. The smallest absolute Gasteiger partial charge is 0.138 e. The molecule has 0 N–H and O–H groups in total. The molecule has 0 unspecified atom stereocenters. The van der Waals surface area contributed by atoms with Crippen molar-refractivity contribution in [3.05, 3.63) is 60.2 Å².